The van der Waals surface area contributed by atoms with Crippen molar-refractivity contribution in [2.45, 2.75) is 75.2 Å². The molecule has 8 nitrogen and oxygen atoms in total. The Balaban J connectivity index is 1.57. The van der Waals surface area contributed by atoms with Crippen molar-refractivity contribution in [1.82, 2.24) is 9.47 Å². The number of benzene rings is 1. The molecule has 4 fully saturated rings. The highest BCUT2D eigenvalue weighted by Crippen LogP contribution is 2.53. The van der Waals surface area contributed by atoms with Crippen molar-refractivity contribution in [3.63, 3.8) is 0 Å². The van der Waals surface area contributed by atoms with Gasteiger partial charge in [0.05, 0.1) is 19.2 Å². The zero-order valence-electron chi connectivity index (χ0n) is 19.9. The fraction of sp³-hybridized carbons (Fsp3) is 0.692. The summed E-state index contributed by atoms with van der Waals surface area (Å²) in [7, 11) is 1.66. The van der Waals surface area contributed by atoms with Crippen molar-refractivity contribution in [3.05, 3.63) is 29.5 Å². The van der Waals surface area contributed by atoms with Gasteiger partial charge in [0.2, 0.25) is 0 Å². The monoisotopic (exact) mass is 472 g/mol. The highest BCUT2D eigenvalue weighted by Gasteiger charge is 2.51. The van der Waals surface area contributed by atoms with Crippen LogP contribution in [-0.4, -0.2) is 87.2 Å². The molecular formula is C26H36N2O6. The van der Waals surface area contributed by atoms with Gasteiger partial charge in [-0.2, -0.15) is 0 Å². The molecule has 1 aromatic heterocycles. The predicted molar refractivity (Wildman–Crippen MR) is 126 cm³/mol. The number of fused-ring (bicyclic) bond motifs is 4. The molecule has 4 unspecified atom stereocenters. The van der Waals surface area contributed by atoms with E-state index in [1.165, 1.54) is 17.7 Å². The van der Waals surface area contributed by atoms with Crippen molar-refractivity contribution in [2.75, 3.05) is 26.8 Å². The fourth-order valence-electron chi connectivity index (χ4n) is 7.56. The minimum Gasteiger partial charge on any atom is -0.497 e. The summed E-state index contributed by atoms with van der Waals surface area (Å²) in [4.78, 5) is 2.68. The number of aromatic nitrogens is 1. The van der Waals surface area contributed by atoms with Gasteiger partial charge >= 0.3 is 0 Å². The summed E-state index contributed by atoms with van der Waals surface area (Å²) in [5.41, 5.74) is 3.38. The second-order valence-corrected chi connectivity index (χ2v) is 10.7. The number of aliphatic hydroxyl groups excluding tert-OH is 4. The largest absolute Gasteiger partial charge is 0.497 e. The molecule has 4 N–H and O–H groups in total. The molecule has 2 aromatic rings. The van der Waals surface area contributed by atoms with E-state index >= 15 is 0 Å². The van der Waals surface area contributed by atoms with Gasteiger partial charge in [-0.15, -0.1) is 0 Å². The fourth-order valence-corrected chi connectivity index (χ4v) is 7.56. The standard InChI is InChI=1S/C26H36N2O6/c1-3-14-8-13-9-18-21(14)27(11-13)7-6-16-17-10-15(33-2)4-5-19(17)28(22(16)18)26-25(32)24(31)23(30)20(12-29)34-26/h4-5,10,13-14,18,20-21,23-26,29-32H,3,6-9,11-12H2,1-2H3/t13-,14-,18+,20-,21?,23?,24-,25?,26-/m0/s1. The van der Waals surface area contributed by atoms with E-state index in [1.54, 1.807) is 7.11 Å². The summed E-state index contributed by atoms with van der Waals surface area (Å²) in [6, 6.07) is 6.43. The highest BCUT2D eigenvalue weighted by molar-refractivity contribution is 5.87. The molecule has 5 aliphatic rings. The van der Waals surface area contributed by atoms with Gasteiger partial charge in [-0.1, -0.05) is 13.3 Å². The first kappa shape index (κ1) is 22.8. The van der Waals surface area contributed by atoms with E-state index in [2.05, 4.69) is 22.5 Å². The van der Waals surface area contributed by atoms with Gasteiger partial charge in [-0.05, 0) is 54.9 Å². The molecule has 34 heavy (non-hydrogen) atoms. The first-order valence-corrected chi connectivity index (χ1v) is 12.7. The molecule has 1 aliphatic carbocycles. The number of hydrogen-bond acceptors (Lipinski definition) is 7. The Morgan fingerprint density at radius 1 is 1.12 bits per heavy atom. The second kappa shape index (κ2) is 8.47. The number of rotatable bonds is 4. The number of piperidine rings is 2. The number of hydrogen-bond donors (Lipinski definition) is 4. The van der Waals surface area contributed by atoms with Crippen LogP contribution in [0.5, 0.6) is 5.75 Å². The van der Waals surface area contributed by atoms with Crippen molar-refractivity contribution >= 4 is 10.9 Å². The van der Waals surface area contributed by atoms with Gasteiger partial charge in [0.15, 0.2) is 6.23 Å². The van der Waals surface area contributed by atoms with Crippen LogP contribution in [-0.2, 0) is 11.2 Å². The lowest BCUT2D eigenvalue weighted by Gasteiger charge is -2.54. The number of nitrogens with zero attached hydrogens (tertiary/aromatic N) is 2. The van der Waals surface area contributed by atoms with Crippen LogP contribution in [0.3, 0.4) is 0 Å². The third kappa shape index (κ3) is 3.20. The first-order chi connectivity index (χ1) is 16.5. The van der Waals surface area contributed by atoms with E-state index < -0.39 is 37.3 Å². The second-order valence-electron chi connectivity index (χ2n) is 10.7. The molecule has 0 amide bonds. The maximum atomic E-state index is 11.1. The summed E-state index contributed by atoms with van der Waals surface area (Å²) in [5.74, 6) is 2.38. The van der Waals surface area contributed by atoms with E-state index in [-0.39, 0.29) is 0 Å². The van der Waals surface area contributed by atoms with Crippen LogP contribution in [0.2, 0.25) is 0 Å². The molecule has 4 aliphatic heterocycles. The molecule has 1 aromatic carbocycles. The van der Waals surface area contributed by atoms with Crippen LogP contribution in [0.25, 0.3) is 10.9 Å². The van der Waals surface area contributed by atoms with Crippen LogP contribution in [0.1, 0.15) is 49.6 Å². The smallest absolute Gasteiger partial charge is 0.163 e. The number of methoxy groups -OCH3 is 1. The van der Waals surface area contributed by atoms with E-state index in [1.807, 2.05) is 12.1 Å². The Kier molecular flexibility index (Phi) is 5.67. The van der Waals surface area contributed by atoms with Crippen molar-refractivity contribution < 1.29 is 29.9 Å². The molecule has 0 spiro atoms. The molecule has 1 saturated carbocycles. The third-order valence-corrected chi connectivity index (χ3v) is 9.04. The minimum absolute atomic E-state index is 0.306. The van der Waals surface area contributed by atoms with E-state index in [0.29, 0.717) is 23.8 Å². The van der Waals surface area contributed by atoms with Crippen molar-refractivity contribution in [2.24, 2.45) is 11.8 Å². The zero-order valence-corrected chi connectivity index (χ0v) is 19.9. The van der Waals surface area contributed by atoms with E-state index in [9.17, 15) is 20.4 Å². The van der Waals surface area contributed by atoms with Gasteiger partial charge in [0, 0.05) is 36.1 Å². The van der Waals surface area contributed by atoms with Gasteiger partial charge in [0.1, 0.15) is 30.2 Å². The minimum atomic E-state index is -1.41. The Labute approximate surface area is 199 Å². The number of aliphatic hydroxyl groups is 4. The molecule has 10 atom stereocenters. The maximum Gasteiger partial charge on any atom is 0.163 e. The van der Waals surface area contributed by atoms with Crippen molar-refractivity contribution in [1.29, 1.82) is 0 Å². The summed E-state index contributed by atoms with van der Waals surface area (Å²) in [6.45, 7) is 4.02. The van der Waals surface area contributed by atoms with Gasteiger partial charge in [-0.25, -0.2) is 0 Å². The summed E-state index contributed by atoms with van der Waals surface area (Å²) in [6.07, 6.45) is -1.50. The quantitative estimate of drug-likeness (QED) is 0.533. The lowest BCUT2D eigenvalue weighted by Crippen LogP contribution is -2.58. The summed E-state index contributed by atoms with van der Waals surface area (Å²) < 4.78 is 13.8. The molecule has 5 heterocycles. The van der Waals surface area contributed by atoms with Crippen molar-refractivity contribution in [3.8, 4) is 5.75 Å². The molecule has 7 rings (SSSR count). The van der Waals surface area contributed by atoms with Crippen LogP contribution < -0.4 is 4.74 Å². The number of ether oxygens (including phenoxy) is 2. The zero-order chi connectivity index (χ0) is 23.7. The lowest BCUT2D eigenvalue weighted by atomic mass is 9.65. The first-order valence-electron chi connectivity index (χ1n) is 12.7. The average molecular weight is 473 g/mol. The Morgan fingerprint density at radius 2 is 1.94 bits per heavy atom. The third-order valence-electron chi connectivity index (χ3n) is 9.04. The Bertz CT molecular complexity index is 1070. The van der Waals surface area contributed by atoms with Crippen LogP contribution in [0.4, 0.5) is 0 Å². The summed E-state index contributed by atoms with van der Waals surface area (Å²) in [5, 5.41) is 43.0. The Hall–Kier alpha value is -1.68. The topological polar surface area (TPSA) is 108 Å². The average Bonchev–Trinajstić information content (AvgIpc) is 3.13. The van der Waals surface area contributed by atoms with Crippen LogP contribution in [0.15, 0.2) is 18.2 Å². The van der Waals surface area contributed by atoms with E-state index in [0.717, 1.165) is 49.0 Å². The molecule has 0 radical (unpaired) electrons. The lowest BCUT2D eigenvalue weighted by molar-refractivity contribution is -0.251. The van der Waals surface area contributed by atoms with Crippen LogP contribution >= 0.6 is 0 Å². The van der Waals surface area contributed by atoms with Gasteiger partial charge < -0.3 is 34.5 Å². The predicted octanol–water partition coefficient (Wildman–Crippen LogP) is 1.38. The van der Waals surface area contributed by atoms with Gasteiger partial charge in [-0.3, -0.25) is 4.90 Å². The molecule has 3 saturated heterocycles. The van der Waals surface area contributed by atoms with Crippen LogP contribution in [0, 0.1) is 11.8 Å². The normalized spacial score (nSPS) is 41.4. The van der Waals surface area contributed by atoms with Gasteiger partial charge in [0.25, 0.3) is 0 Å². The van der Waals surface area contributed by atoms with E-state index in [4.69, 9.17) is 9.47 Å². The molecule has 4 bridgehead atoms. The molecular weight excluding hydrogens is 436 g/mol. The summed E-state index contributed by atoms with van der Waals surface area (Å²) >= 11 is 0. The molecule has 8 heteroatoms. The highest BCUT2D eigenvalue weighted by atomic mass is 16.6. The maximum absolute atomic E-state index is 11.1. The SMILES string of the molecule is CC[C@H]1C[C@H]2C[C@H]3c4c(c5cc(OC)ccc5n4[C@H]4O[C@@H](CO)C(O)[C@H](O)C4O)CCN(C2)C13. The Morgan fingerprint density at radius 3 is 2.68 bits per heavy atom. The molecule has 186 valence electrons.